The van der Waals surface area contributed by atoms with Crippen LogP contribution in [0.15, 0.2) is 67.1 Å². The van der Waals surface area contributed by atoms with Gasteiger partial charge in [-0.3, -0.25) is 14.6 Å². The maximum absolute atomic E-state index is 12.9. The molecule has 4 aromatic rings. The van der Waals surface area contributed by atoms with Gasteiger partial charge in [0.1, 0.15) is 5.75 Å². The number of carbonyl (C=O) groups is 2. The van der Waals surface area contributed by atoms with E-state index in [4.69, 9.17) is 4.74 Å². The average Bonchev–Trinajstić information content (AvgIpc) is 3.25. The summed E-state index contributed by atoms with van der Waals surface area (Å²) in [6.45, 7) is 2.43. The summed E-state index contributed by atoms with van der Waals surface area (Å²) < 4.78 is 7.20. The molecule has 2 aromatic heterocycles. The van der Waals surface area contributed by atoms with Gasteiger partial charge in [-0.2, -0.15) is 0 Å². The van der Waals surface area contributed by atoms with E-state index in [2.05, 4.69) is 20.6 Å². The molecular weight excluding hydrogens is 418 g/mol. The number of carbonyl (C=O) groups excluding carboxylic acids is 2. The molecular formula is C25H25N5O3. The fraction of sp³-hybridized carbons (Fsp3) is 0.200. The lowest BCUT2D eigenvalue weighted by Crippen LogP contribution is -2.23. The number of hydrogen-bond donors (Lipinski definition) is 2. The molecule has 168 valence electrons. The molecule has 0 aliphatic rings. The first kappa shape index (κ1) is 22.0. The van der Waals surface area contributed by atoms with Crippen LogP contribution in [0, 0.1) is 0 Å². The highest BCUT2D eigenvalue weighted by Gasteiger charge is 2.15. The van der Waals surface area contributed by atoms with Crippen molar-refractivity contribution >= 4 is 28.5 Å². The van der Waals surface area contributed by atoms with Crippen molar-refractivity contribution in [2.24, 2.45) is 0 Å². The summed E-state index contributed by atoms with van der Waals surface area (Å²) in [5, 5.41) is 5.76. The van der Waals surface area contributed by atoms with Gasteiger partial charge < -0.3 is 19.9 Å². The Labute approximate surface area is 191 Å². The van der Waals surface area contributed by atoms with Crippen molar-refractivity contribution < 1.29 is 14.3 Å². The number of ether oxygens (including phenoxy) is 1. The van der Waals surface area contributed by atoms with E-state index in [1.54, 1.807) is 31.8 Å². The van der Waals surface area contributed by atoms with E-state index in [0.29, 0.717) is 36.3 Å². The third-order valence-corrected chi connectivity index (χ3v) is 5.21. The van der Waals surface area contributed by atoms with Gasteiger partial charge in [0.2, 0.25) is 5.91 Å². The van der Waals surface area contributed by atoms with E-state index in [0.717, 1.165) is 22.5 Å². The van der Waals surface area contributed by atoms with Crippen LogP contribution in [0.5, 0.6) is 5.75 Å². The summed E-state index contributed by atoms with van der Waals surface area (Å²) in [7, 11) is 1.60. The van der Waals surface area contributed by atoms with E-state index in [-0.39, 0.29) is 11.8 Å². The molecule has 0 fully saturated rings. The summed E-state index contributed by atoms with van der Waals surface area (Å²) in [6, 6.07) is 16.7. The van der Waals surface area contributed by atoms with E-state index in [9.17, 15) is 9.59 Å². The summed E-state index contributed by atoms with van der Waals surface area (Å²) in [4.78, 5) is 33.6. The van der Waals surface area contributed by atoms with Crippen LogP contribution in [0.25, 0.3) is 11.0 Å². The lowest BCUT2D eigenvalue weighted by atomic mass is 10.1. The first-order valence-electron chi connectivity index (χ1n) is 10.6. The Kier molecular flexibility index (Phi) is 6.64. The Morgan fingerprint density at radius 2 is 1.94 bits per heavy atom. The lowest BCUT2D eigenvalue weighted by Gasteiger charge is -2.12. The van der Waals surface area contributed by atoms with Crippen LogP contribution in [-0.2, 0) is 24.3 Å². The number of imidazole rings is 1. The van der Waals surface area contributed by atoms with Gasteiger partial charge in [-0.1, -0.05) is 18.2 Å². The number of nitrogens with one attached hydrogen (secondary N) is 2. The van der Waals surface area contributed by atoms with Gasteiger partial charge in [0.25, 0.3) is 5.91 Å². The minimum Gasteiger partial charge on any atom is -0.497 e. The average molecular weight is 444 g/mol. The number of amides is 2. The normalized spacial score (nSPS) is 10.7. The highest BCUT2D eigenvalue weighted by Crippen LogP contribution is 2.26. The minimum atomic E-state index is -0.255. The van der Waals surface area contributed by atoms with Gasteiger partial charge in [0.15, 0.2) is 0 Å². The molecule has 0 radical (unpaired) electrons. The number of hydrogen-bond acceptors (Lipinski definition) is 5. The second-order valence-corrected chi connectivity index (χ2v) is 7.62. The first-order valence-corrected chi connectivity index (χ1v) is 10.6. The molecule has 0 aliphatic heterocycles. The Bertz CT molecular complexity index is 1280. The van der Waals surface area contributed by atoms with Gasteiger partial charge >= 0.3 is 0 Å². The minimum absolute atomic E-state index is 0.220. The fourth-order valence-electron chi connectivity index (χ4n) is 3.64. The molecule has 0 aliphatic carbocycles. The first-order chi connectivity index (χ1) is 16.0. The predicted molar refractivity (Wildman–Crippen MR) is 126 cm³/mol. The third kappa shape index (κ3) is 5.35. The van der Waals surface area contributed by atoms with E-state index in [1.807, 2.05) is 47.0 Å². The van der Waals surface area contributed by atoms with Crippen molar-refractivity contribution in [3.63, 3.8) is 0 Å². The molecule has 2 heterocycles. The summed E-state index contributed by atoms with van der Waals surface area (Å²) in [5.41, 5.74) is 4.26. The smallest absolute Gasteiger partial charge is 0.251 e. The summed E-state index contributed by atoms with van der Waals surface area (Å²) in [6.07, 6.45) is 4.20. The maximum Gasteiger partial charge on any atom is 0.251 e. The van der Waals surface area contributed by atoms with Gasteiger partial charge in [-0.15, -0.1) is 0 Å². The highest BCUT2D eigenvalue weighted by atomic mass is 16.5. The number of pyridine rings is 1. The molecule has 0 spiro atoms. The van der Waals surface area contributed by atoms with Crippen LogP contribution < -0.4 is 15.4 Å². The Morgan fingerprint density at radius 1 is 1.06 bits per heavy atom. The van der Waals surface area contributed by atoms with Crippen molar-refractivity contribution in [3.05, 3.63) is 83.9 Å². The zero-order valence-electron chi connectivity index (χ0n) is 18.5. The quantitative estimate of drug-likeness (QED) is 0.434. The number of rotatable bonds is 8. The molecule has 0 unspecified atom stereocenters. The van der Waals surface area contributed by atoms with E-state index >= 15 is 0 Å². The Morgan fingerprint density at radius 3 is 2.70 bits per heavy atom. The fourth-order valence-corrected chi connectivity index (χ4v) is 3.64. The molecule has 0 saturated heterocycles. The second-order valence-electron chi connectivity index (χ2n) is 7.62. The van der Waals surface area contributed by atoms with Gasteiger partial charge in [-0.05, 0) is 42.0 Å². The molecule has 0 saturated carbocycles. The highest BCUT2D eigenvalue weighted by molar-refractivity contribution is 6.05. The number of benzene rings is 2. The number of methoxy groups -OCH3 is 1. The van der Waals surface area contributed by atoms with Crippen LogP contribution in [0.3, 0.4) is 0 Å². The SMILES string of the molecule is COc1cccc(CNC(=O)c2cc(NC(C)=O)c3c(c2)ncn3CCc2ccccn2)c1. The standard InChI is InChI=1S/C25H25N5O3/c1-17(31)29-23-14-19(25(32)27-15-18-6-5-8-21(12-18)33-2)13-22-24(23)30(16-28-22)11-9-20-7-3-4-10-26-20/h3-8,10,12-14,16H,9,11,15H2,1-2H3,(H,27,32)(H,29,31). The predicted octanol–water partition coefficient (Wildman–Crippen LogP) is 3.57. The summed E-state index contributed by atoms with van der Waals surface area (Å²) >= 11 is 0. The van der Waals surface area contributed by atoms with Gasteiger partial charge in [-0.25, -0.2) is 4.98 Å². The molecule has 4 rings (SSSR count). The van der Waals surface area contributed by atoms with Crippen molar-refractivity contribution in [2.75, 3.05) is 12.4 Å². The molecule has 2 N–H and O–H groups in total. The molecule has 8 nitrogen and oxygen atoms in total. The van der Waals surface area contributed by atoms with Crippen LogP contribution in [0.2, 0.25) is 0 Å². The van der Waals surface area contributed by atoms with Crippen molar-refractivity contribution in [1.82, 2.24) is 19.9 Å². The largest absolute Gasteiger partial charge is 0.497 e. The van der Waals surface area contributed by atoms with Crippen molar-refractivity contribution in [2.45, 2.75) is 26.4 Å². The van der Waals surface area contributed by atoms with Crippen LogP contribution in [0.4, 0.5) is 5.69 Å². The lowest BCUT2D eigenvalue weighted by molar-refractivity contribution is -0.114. The summed E-state index contributed by atoms with van der Waals surface area (Å²) in [5.74, 6) is 0.254. The zero-order chi connectivity index (χ0) is 23.2. The van der Waals surface area contributed by atoms with Crippen LogP contribution in [-0.4, -0.2) is 33.5 Å². The molecule has 0 bridgehead atoms. The maximum atomic E-state index is 12.9. The number of aromatic nitrogens is 3. The van der Waals surface area contributed by atoms with E-state index in [1.165, 1.54) is 6.92 Å². The number of anilines is 1. The van der Waals surface area contributed by atoms with E-state index < -0.39 is 0 Å². The second kappa shape index (κ2) is 9.95. The van der Waals surface area contributed by atoms with Crippen LogP contribution >= 0.6 is 0 Å². The van der Waals surface area contributed by atoms with Crippen molar-refractivity contribution in [1.29, 1.82) is 0 Å². The Hall–Kier alpha value is -4.20. The Balaban J connectivity index is 1.57. The topological polar surface area (TPSA) is 98.1 Å². The van der Waals surface area contributed by atoms with Gasteiger partial charge in [0.05, 0.1) is 30.2 Å². The molecule has 2 aromatic carbocycles. The van der Waals surface area contributed by atoms with Crippen LogP contribution in [0.1, 0.15) is 28.5 Å². The van der Waals surface area contributed by atoms with Gasteiger partial charge in [0, 0.05) is 43.9 Å². The zero-order valence-corrected chi connectivity index (χ0v) is 18.5. The monoisotopic (exact) mass is 443 g/mol. The molecule has 0 atom stereocenters. The third-order valence-electron chi connectivity index (χ3n) is 5.21. The number of aryl methyl sites for hydroxylation is 2. The molecule has 2 amide bonds. The molecule has 8 heteroatoms. The van der Waals surface area contributed by atoms with Crippen molar-refractivity contribution in [3.8, 4) is 5.75 Å². The number of fused-ring (bicyclic) bond motifs is 1. The molecule has 33 heavy (non-hydrogen) atoms. The number of nitrogens with zero attached hydrogens (tertiary/aromatic N) is 3.